The van der Waals surface area contributed by atoms with Crippen LogP contribution >= 0.6 is 0 Å². The van der Waals surface area contributed by atoms with Gasteiger partial charge in [-0.05, 0) is 24.1 Å². The highest BCUT2D eigenvalue weighted by molar-refractivity contribution is 5.27. The number of rotatable bonds is 8. The fourth-order valence-electron chi connectivity index (χ4n) is 1.96. The van der Waals surface area contributed by atoms with Gasteiger partial charge in [0, 0.05) is 13.0 Å². The molecule has 0 fully saturated rings. The van der Waals surface area contributed by atoms with Crippen LogP contribution < -0.4 is 10.1 Å². The normalized spacial score (nSPS) is 11.7. The first-order valence-electron chi connectivity index (χ1n) is 7.39. The molecule has 1 N–H and O–H groups in total. The van der Waals surface area contributed by atoms with E-state index in [2.05, 4.69) is 22.0 Å². The fraction of sp³-hybridized carbons (Fsp3) is 0.438. The van der Waals surface area contributed by atoms with E-state index in [4.69, 9.17) is 4.42 Å². The van der Waals surface area contributed by atoms with Crippen molar-refractivity contribution in [3.8, 4) is 5.75 Å². The number of aryl methyl sites for hydroxylation is 1. The Kier molecular flexibility index (Phi) is 6.04. The molecule has 1 aromatic carbocycles. The Morgan fingerprint density at radius 3 is 2.57 bits per heavy atom. The molecule has 0 bridgehead atoms. The summed E-state index contributed by atoms with van der Waals surface area (Å²) < 4.78 is 46.3. The predicted octanol–water partition coefficient (Wildman–Crippen LogP) is 3.86. The number of alkyl halides is 3. The van der Waals surface area contributed by atoms with Crippen LogP contribution in [0.5, 0.6) is 5.75 Å². The second kappa shape index (κ2) is 8.01. The highest BCUT2D eigenvalue weighted by atomic mass is 19.4. The summed E-state index contributed by atoms with van der Waals surface area (Å²) in [6.45, 7) is 1.90. The molecule has 1 heterocycles. The standard InChI is InChI=1S/C16H19F3N2O2/c1-2-3-15-21-10-14(23-15)9-20-8-12-4-6-13(7-5-12)22-11-16(17,18)19/h4-7,10,20H,2-3,8-9,11H2,1H3. The Balaban J connectivity index is 1.75. The van der Waals surface area contributed by atoms with Crippen LogP contribution in [0.4, 0.5) is 13.2 Å². The van der Waals surface area contributed by atoms with E-state index in [0.29, 0.717) is 13.1 Å². The van der Waals surface area contributed by atoms with Crippen molar-refractivity contribution in [2.75, 3.05) is 6.61 Å². The molecule has 0 unspecified atom stereocenters. The first kappa shape index (κ1) is 17.3. The van der Waals surface area contributed by atoms with Gasteiger partial charge in [-0.2, -0.15) is 13.2 Å². The SMILES string of the molecule is CCCc1ncc(CNCc2ccc(OCC(F)(F)F)cc2)o1. The van der Waals surface area contributed by atoms with E-state index in [1.807, 2.05) is 0 Å². The molecule has 0 spiro atoms. The van der Waals surface area contributed by atoms with Gasteiger partial charge in [-0.25, -0.2) is 4.98 Å². The minimum absolute atomic E-state index is 0.200. The van der Waals surface area contributed by atoms with Crippen molar-refractivity contribution in [1.82, 2.24) is 10.3 Å². The molecule has 23 heavy (non-hydrogen) atoms. The van der Waals surface area contributed by atoms with Crippen LogP contribution in [0.2, 0.25) is 0 Å². The molecule has 0 saturated heterocycles. The zero-order chi connectivity index (χ0) is 16.7. The Labute approximate surface area is 132 Å². The summed E-state index contributed by atoms with van der Waals surface area (Å²) in [6.07, 6.45) is -0.824. The van der Waals surface area contributed by atoms with E-state index >= 15 is 0 Å². The van der Waals surface area contributed by atoms with Gasteiger partial charge in [0.05, 0.1) is 12.7 Å². The summed E-state index contributed by atoms with van der Waals surface area (Å²) in [5.74, 6) is 1.69. The number of benzene rings is 1. The van der Waals surface area contributed by atoms with Gasteiger partial charge in [-0.3, -0.25) is 0 Å². The van der Waals surface area contributed by atoms with Crippen LogP contribution in [0.15, 0.2) is 34.9 Å². The average Bonchev–Trinajstić information content (AvgIpc) is 2.94. The van der Waals surface area contributed by atoms with Gasteiger partial charge in [0.15, 0.2) is 12.5 Å². The number of hydrogen-bond acceptors (Lipinski definition) is 4. The summed E-state index contributed by atoms with van der Waals surface area (Å²) in [7, 11) is 0. The van der Waals surface area contributed by atoms with Crippen LogP contribution in [0.3, 0.4) is 0 Å². The molecule has 0 aliphatic rings. The molecule has 2 aromatic rings. The van der Waals surface area contributed by atoms with Gasteiger partial charge >= 0.3 is 6.18 Å². The first-order chi connectivity index (χ1) is 11.0. The topological polar surface area (TPSA) is 47.3 Å². The number of oxazole rings is 1. The molecule has 0 radical (unpaired) electrons. The lowest BCUT2D eigenvalue weighted by Gasteiger charge is -2.09. The third-order valence-corrected chi connectivity index (χ3v) is 3.02. The number of nitrogens with one attached hydrogen (secondary N) is 1. The number of nitrogens with zero attached hydrogens (tertiary/aromatic N) is 1. The smallest absolute Gasteiger partial charge is 0.422 e. The molecule has 126 valence electrons. The Bertz CT molecular complexity index is 594. The highest BCUT2D eigenvalue weighted by Gasteiger charge is 2.28. The maximum Gasteiger partial charge on any atom is 0.422 e. The van der Waals surface area contributed by atoms with Crippen molar-refractivity contribution in [2.45, 2.75) is 39.0 Å². The molecule has 0 aliphatic carbocycles. The summed E-state index contributed by atoms with van der Waals surface area (Å²) in [6, 6.07) is 6.50. The van der Waals surface area contributed by atoms with E-state index in [1.165, 1.54) is 12.1 Å². The van der Waals surface area contributed by atoms with Crippen LogP contribution in [0.25, 0.3) is 0 Å². The molecule has 2 rings (SSSR count). The van der Waals surface area contributed by atoms with Crippen molar-refractivity contribution >= 4 is 0 Å². The third kappa shape index (κ3) is 6.32. The Hall–Kier alpha value is -2.02. The van der Waals surface area contributed by atoms with Gasteiger partial charge in [-0.1, -0.05) is 19.1 Å². The molecular formula is C16H19F3N2O2. The lowest BCUT2D eigenvalue weighted by atomic mass is 10.2. The maximum absolute atomic E-state index is 12.0. The zero-order valence-corrected chi connectivity index (χ0v) is 12.8. The van der Waals surface area contributed by atoms with Crippen LogP contribution in [-0.2, 0) is 19.5 Å². The summed E-state index contributed by atoms with van der Waals surface area (Å²) in [4.78, 5) is 4.17. The summed E-state index contributed by atoms with van der Waals surface area (Å²) >= 11 is 0. The van der Waals surface area contributed by atoms with E-state index in [9.17, 15) is 13.2 Å². The number of aromatic nitrogens is 1. The zero-order valence-electron chi connectivity index (χ0n) is 12.8. The van der Waals surface area contributed by atoms with Gasteiger partial charge < -0.3 is 14.5 Å². The average molecular weight is 328 g/mol. The van der Waals surface area contributed by atoms with Crippen LogP contribution in [0, 0.1) is 0 Å². The Morgan fingerprint density at radius 1 is 1.17 bits per heavy atom. The van der Waals surface area contributed by atoms with Crippen LogP contribution in [0.1, 0.15) is 30.6 Å². The largest absolute Gasteiger partial charge is 0.484 e. The molecule has 7 heteroatoms. The highest BCUT2D eigenvalue weighted by Crippen LogP contribution is 2.18. The molecular weight excluding hydrogens is 309 g/mol. The second-order valence-electron chi connectivity index (χ2n) is 5.12. The van der Waals surface area contributed by atoms with E-state index in [-0.39, 0.29) is 5.75 Å². The molecule has 0 saturated carbocycles. The molecule has 0 atom stereocenters. The molecule has 1 aromatic heterocycles. The summed E-state index contributed by atoms with van der Waals surface area (Å²) in [5.41, 5.74) is 0.942. The minimum Gasteiger partial charge on any atom is -0.484 e. The number of hydrogen-bond donors (Lipinski definition) is 1. The monoisotopic (exact) mass is 328 g/mol. The minimum atomic E-state index is -4.33. The lowest BCUT2D eigenvalue weighted by Crippen LogP contribution is -2.19. The van der Waals surface area contributed by atoms with Gasteiger partial charge in [0.2, 0.25) is 0 Å². The van der Waals surface area contributed by atoms with E-state index in [1.54, 1.807) is 18.3 Å². The van der Waals surface area contributed by atoms with Crippen LogP contribution in [-0.4, -0.2) is 17.8 Å². The quantitative estimate of drug-likeness (QED) is 0.799. The van der Waals surface area contributed by atoms with Crippen molar-refractivity contribution in [1.29, 1.82) is 0 Å². The summed E-state index contributed by atoms with van der Waals surface area (Å²) in [5, 5.41) is 3.19. The number of halogens is 3. The van der Waals surface area contributed by atoms with Crippen molar-refractivity contribution in [3.63, 3.8) is 0 Å². The third-order valence-electron chi connectivity index (χ3n) is 3.02. The Morgan fingerprint density at radius 2 is 1.91 bits per heavy atom. The first-order valence-corrected chi connectivity index (χ1v) is 7.39. The molecule has 4 nitrogen and oxygen atoms in total. The van der Waals surface area contributed by atoms with Gasteiger partial charge in [0.25, 0.3) is 0 Å². The lowest BCUT2D eigenvalue weighted by molar-refractivity contribution is -0.153. The van der Waals surface area contributed by atoms with E-state index < -0.39 is 12.8 Å². The van der Waals surface area contributed by atoms with Gasteiger partial charge in [-0.15, -0.1) is 0 Å². The van der Waals surface area contributed by atoms with E-state index in [0.717, 1.165) is 30.1 Å². The number of ether oxygens (including phenoxy) is 1. The van der Waals surface area contributed by atoms with Gasteiger partial charge in [0.1, 0.15) is 11.5 Å². The van der Waals surface area contributed by atoms with Crippen molar-refractivity contribution < 1.29 is 22.3 Å². The molecule has 0 aliphatic heterocycles. The molecule has 0 amide bonds. The predicted molar refractivity (Wildman–Crippen MR) is 79.0 cm³/mol. The fourth-order valence-corrected chi connectivity index (χ4v) is 1.96. The second-order valence-corrected chi connectivity index (χ2v) is 5.12. The van der Waals surface area contributed by atoms with Crippen molar-refractivity contribution in [3.05, 3.63) is 47.7 Å². The maximum atomic E-state index is 12.0. The van der Waals surface area contributed by atoms with Crippen molar-refractivity contribution in [2.24, 2.45) is 0 Å².